The second-order valence-corrected chi connectivity index (χ2v) is 8.46. The van der Waals surface area contributed by atoms with Crippen molar-refractivity contribution in [1.29, 1.82) is 0 Å². The number of aromatic nitrogens is 3. The van der Waals surface area contributed by atoms with Crippen molar-refractivity contribution in [3.05, 3.63) is 34.9 Å². The topological polar surface area (TPSA) is 52.3 Å². The average Bonchev–Trinajstić information content (AvgIpc) is 3.47. The third kappa shape index (κ3) is 3.81. The number of halogens is 1. The van der Waals surface area contributed by atoms with Crippen LogP contribution in [0.2, 0.25) is 0 Å². The fourth-order valence-electron chi connectivity index (χ4n) is 3.29. The highest BCUT2D eigenvalue weighted by Crippen LogP contribution is 2.39. The lowest BCUT2D eigenvalue weighted by Crippen LogP contribution is -2.42. The van der Waals surface area contributed by atoms with E-state index in [1.165, 1.54) is 13.2 Å². The maximum absolute atomic E-state index is 14.4. The van der Waals surface area contributed by atoms with Crippen LogP contribution in [0.5, 0.6) is 0 Å². The molecule has 1 aromatic carbocycles. The Morgan fingerprint density at radius 2 is 2.19 bits per heavy atom. The summed E-state index contributed by atoms with van der Waals surface area (Å²) >= 11 is 7.27. The van der Waals surface area contributed by atoms with E-state index in [0.29, 0.717) is 35.4 Å². The molecule has 2 heterocycles. The van der Waals surface area contributed by atoms with Gasteiger partial charge in [-0.05, 0) is 37.2 Å². The molecule has 2 aliphatic rings. The molecule has 0 N–H and O–H groups in total. The van der Waals surface area contributed by atoms with Crippen LogP contribution in [0.4, 0.5) is 4.39 Å². The molecule has 1 saturated heterocycles. The van der Waals surface area contributed by atoms with Crippen LogP contribution >= 0.6 is 24.0 Å². The maximum atomic E-state index is 14.4. The van der Waals surface area contributed by atoms with Crippen LogP contribution in [0, 0.1) is 10.6 Å². The van der Waals surface area contributed by atoms with E-state index >= 15 is 0 Å². The number of esters is 1. The number of carbonyl (C=O) groups is 1. The molecule has 4 rings (SSSR count). The highest BCUT2D eigenvalue weighted by Gasteiger charge is 2.31. The second-order valence-electron chi connectivity index (χ2n) is 6.79. The summed E-state index contributed by atoms with van der Waals surface area (Å²) in [5.41, 5.74) is 0.468. The maximum Gasteiger partial charge on any atom is 0.320 e. The van der Waals surface area contributed by atoms with Crippen molar-refractivity contribution < 1.29 is 13.9 Å². The van der Waals surface area contributed by atoms with Crippen LogP contribution in [-0.2, 0) is 16.2 Å². The van der Waals surface area contributed by atoms with Gasteiger partial charge in [-0.1, -0.05) is 12.1 Å². The summed E-state index contributed by atoms with van der Waals surface area (Å²) in [4.78, 5) is 14.0. The zero-order valence-electron chi connectivity index (χ0n) is 15.0. The lowest BCUT2D eigenvalue weighted by Gasteiger charge is -2.30. The summed E-state index contributed by atoms with van der Waals surface area (Å²) in [6, 6.07) is 6.95. The van der Waals surface area contributed by atoms with Crippen molar-refractivity contribution in [2.75, 3.05) is 26.0 Å². The van der Waals surface area contributed by atoms with Crippen LogP contribution in [0.1, 0.15) is 18.9 Å². The van der Waals surface area contributed by atoms with E-state index in [1.807, 2.05) is 4.57 Å². The van der Waals surface area contributed by atoms with Crippen molar-refractivity contribution in [2.45, 2.75) is 30.8 Å². The minimum absolute atomic E-state index is 0.200. The first-order valence-electron chi connectivity index (χ1n) is 8.94. The number of thioether (sulfide) groups is 1. The predicted octanol–water partition coefficient (Wildman–Crippen LogP) is 3.10. The van der Waals surface area contributed by atoms with E-state index in [1.54, 1.807) is 34.6 Å². The van der Waals surface area contributed by atoms with Gasteiger partial charge in [-0.25, -0.2) is 9.07 Å². The first-order valence-corrected chi connectivity index (χ1v) is 10.4. The summed E-state index contributed by atoms with van der Waals surface area (Å²) in [5, 5.41) is 4.46. The van der Waals surface area contributed by atoms with E-state index in [-0.39, 0.29) is 17.0 Å². The van der Waals surface area contributed by atoms with Crippen molar-refractivity contribution in [3.63, 3.8) is 0 Å². The van der Waals surface area contributed by atoms with E-state index < -0.39 is 0 Å². The van der Waals surface area contributed by atoms with Crippen molar-refractivity contribution in [3.8, 4) is 11.4 Å². The molecule has 27 heavy (non-hydrogen) atoms. The lowest BCUT2D eigenvalue weighted by molar-refractivity contribution is -0.140. The van der Waals surface area contributed by atoms with E-state index in [0.717, 1.165) is 25.1 Å². The Hall–Kier alpha value is -1.71. The highest BCUT2D eigenvalue weighted by molar-refractivity contribution is 8.00. The smallest absolute Gasteiger partial charge is 0.320 e. The van der Waals surface area contributed by atoms with Gasteiger partial charge in [0, 0.05) is 24.9 Å². The summed E-state index contributed by atoms with van der Waals surface area (Å²) in [5.74, 6) is 0.920. The van der Waals surface area contributed by atoms with Gasteiger partial charge in [0.15, 0.2) is 10.6 Å². The van der Waals surface area contributed by atoms with Crippen LogP contribution in [-0.4, -0.2) is 56.4 Å². The number of benzene rings is 1. The van der Waals surface area contributed by atoms with Crippen molar-refractivity contribution >= 4 is 29.9 Å². The summed E-state index contributed by atoms with van der Waals surface area (Å²) in [6.45, 7) is 1.91. The summed E-state index contributed by atoms with van der Waals surface area (Å²) in [6.07, 6.45) is 2.07. The van der Waals surface area contributed by atoms with Gasteiger partial charge in [-0.15, -0.1) is 11.8 Å². The largest absolute Gasteiger partial charge is 0.468 e. The van der Waals surface area contributed by atoms with Gasteiger partial charge in [0.2, 0.25) is 0 Å². The van der Waals surface area contributed by atoms with Crippen LogP contribution in [0.25, 0.3) is 11.4 Å². The van der Waals surface area contributed by atoms with Gasteiger partial charge < -0.3 is 4.74 Å². The highest BCUT2D eigenvalue weighted by atomic mass is 32.2. The Balaban J connectivity index is 1.62. The first kappa shape index (κ1) is 18.6. The molecular formula is C18H21FN4O2S2. The third-order valence-electron chi connectivity index (χ3n) is 4.85. The zero-order chi connectivity index (χ0) is 19.0. The van der Waals surface area contributed by atoms with E-state index in [4.69, 9.17) is 17.0 Å². The average molecular weight is 409 g/mol. The molecule has 0 unspecified atom stereocenters. The Morgan fingerprint density at radius 1 is 1.41 bits per heavy atom. The Bertz CT molecular complexity index is 909. The summed E-state index contributed by atoms with van der Waals surface area (Å²) < 4.78 is 23.6. The van der Waals surface area contributed by atoms with Gasteiger partial charge in [0.25, 0.3) is 0 Å². The van der Waals surface area contributed by atoms with Crippen molar-refractivity contribution in [1.82, 2.24) is 19.2 Å². The standard InChI is InChI=1S/C18H21FN4O2S2/c1-25-17(24)15-10-21(8-9-27-15)11-22-18(26)23(12-6-7-12)16(20-22)13-4-2-3-5-14(13)19/h2-5,12,15H,6-11H2,1H3/t15-/m1/s1. The molecule has 0 amide bonds. The summed E-state index contributed by atoms with van der Waals surface area (Å²) in [7, 11) is 1.41. The number of nitrogens with zero attached hydrogens (tertiary/aromatic N) is 4. The molecule has 2 fully saturated rings. The first-order chi connectivity index (χ1) is 13.1. The number of hydrogen-bond donors (Lipinski definition) is 0. The monoisotopic (exact) mass is 408 g/mol. The number of ether oxygens (including phenoxy) is 1. The fourth-order valence-corrected chi connectivity index (χ4v) is 4.83. The minimum atomic E-state index is -0.299. The molecular weight excluding hydrogens is 387 g/mol. The van der Waals surface area contributed by atoms with Crippen LogP contribution in [0.3, 0.4) is 0 Å². The molecule has 0 bridgehead atoms. The Kier molecular flexibility index (Phi) is 5.34. The zero-order valence-corrected chi connectivity index (χ0v) is 16.6. The number of hydrogen-bond acceptors (Lipinski definition) is 6. The van der Waals surface area contributed by atoms with E-state index in [2.05, 4.69) is 10.00 Å². The minimum Gasteiger partial charge on any atom is -0.468 e. The molecule has 1 aliphatic heterocycles. The molecule has 1 aromatic heterocycles. The third-order valence-corrected chi connectivity index (χ3v) is 6.42. The number of rotatable bonds is 5. The molecule has 1 aliphatic carbocycles. The molecule has 9 heteroatoms. The van der Waals surface area contributed by atoms with E-state index in [9.17, 15) is 9.18 Å². The van der Waals surface area contributed by atoms with Gasteiger partial charge >= 0.3 is 5.97 Å². The van der Waals surface area contributed by atoms with Gasteiger partial charge in [-0.3, -0.25) is 14.3 Å². The Morgan fingerprint density at radius 3 is 2.89 bits per heavy atom. The fraction of sp³-hybridized carbons (Fsp3) is 0.500. The van der Waals surface area contributed by atoms with Gasteiger partial charge in [0.1, 0.15) is 11.1 Å². The van der Waals surface area contributed by atoms with Gasteiger partial charge in [-0.2, -0.15) is 5.10 Å². The van der Waals surface area contributed by atoms with Crippen molar-refractivity contribution in [2.24, 2.45) is 0 Å². The van der Waals surface area contributed by atoms with Crippen LogP contribution < -0.4 is 0 Å². The molecule has 0 radical (unpaired) electrons. The molecule has 0 spiro atoms. The number of methoxy groups -OCH3 is 1. The predicted molar refractivity (Wildman–Crippen MR) is 105 cm³/mol. The van der Waals surface area contributed by atoms with Gasteiger partial charge in [0.05, 0.1) is 19.3 Å². The molecule has 2 aromatic rings. The molecule has 6 nitrogen and oxygen atoms in total. The Labute approximate surface area is 166 Å². The quantitative estimate of drug-likeness (QED) is 0.560. The SMILES string of the molecule is COC(=O)[C@H]1CN(Cn2nc(-c3ccccc3F)n(C3CC3)c2=S)CCS1. The second kappa shape index (κ2) is 7.73. The van der Waals surface area contributed by atoms with Crippen LogP contribution in [0.15, 0.2) is 24.3 Å². The molecule has 1 atom stereocenters. The normalized spacial score (nSPS) is 20.6. The number of carbonyl (C=O) groups excluding carboxylic acids is 1. The molecule has 1 saturated carbocycles. The molecule has 144 valence electrons. The lowest BCUT2D eigenvalue weighted by atomic mass is 10.2.